The molecule has 0 unspecified atom stereocenters. The lowest BCUT2D eigenvalue weighted by Gasteiger charge is -2.34. The molecule has 0 atom stereocenters. The molecule has 0 spiro atoms. The lowest BCUT2D eigenvalue weighted by Crippen LogP contribution is -2.47. The van der Waals surface area contributed by atoms with E-state index in [9.17, 15) is 9.18 Å². The summed E-state index contributed by atoms with van der Waals surface area (Å²) in [7, 11) is 1.41. The zero-order valence-electron chi connectivity index (χ0n) is 11.1. The number of hydrogen-bond donors (Lipinski definition) is 0. The molecule has 0 amide bonds. The molecule has 0 bridgehead atoms. The van der Waals surface area contributed by atoms with E-state index in [1.165, 1.54) is 13.2 Å². The molecule has 1 saturated heterocycles. The summed E-state index contributed by atoms with van der Waals surface area (Å²) in [6.45, 7) is 4.55. The summed E-state index contributed by atoms with van der Waals surface area (Å²) in [4.78, 5) is 15.5. The maximum atomic E-state index is 13.1. The molecule has 0 radical (unpaired) electrons. The van der Waals surface area contributed by atoms with E-state index < -0.39 is 0 Å². The van der Waals surface area contributed by atoms with Crippen LogP contribution in [0.1, 0.15) is 5.56 Å². The molecule has 4 nitrogen and oxygen atoms in total. The number of methoxy groups -OCH3 is 1. The number of rotatable bonds is 4. The summed E-state index contributed by atoms with van der Waals surface area (Å²) < 4.78 is 17.7. The number of carbonyl (C=O) groups excluding carboxylic acids is 1. The smallest absolute Gasteiger partial charge is 0.319 e. The molecule has 1 aromatic carbocycles. The van der Waals surface area contributed by atoms with Crippen LogP contribution in [0.5, 0.6) is 0 Å². The summed E-state index contributed by atoms with van der Waals surface area (Å²) in [6, 6.07) is 6.70. The van der Waals surface area contributed by atoms with Crippen LogP contribution in [-0.4, -0.2) is 55.6 Å². The quantitative estimate of drug-likeness (QED) is 0.765. The zero-order valence-corrected chi connectivity index (χ0v) is 11.1. The minimum absolute atomic E-state index is 0.193. The predicted octanol–water partition coefficient (Wildman–Crippen LogP) is 1.12. The summed E-state index contributed by atoms with van der Waals surface area (Å²) in [5.41, 5.74) is 0.987. The normalized spacial score (nSPS) is 17.4. The number of hydrogen-bond acceptors (Lipinski definition) is 4. The molecular formula is C14H19FN2O2. The minimum Gasteiger partial charge on any atom is -0.468 e. The van der Waals surface area contributed by atoms with E-state index >= 15 is 0 Å². The summed E-state index contributed by atoms with van der Waals surface area (Å²) in [5, 5.41) is 0. The van der Waals surface area contributed by atoms with Crippen molar-refractivity contribution in [3.05, 3.63) is 35.6 Å². The molecule has 104 valence electrons. The highest BCUT2D eigenvalue weighted by atomic mass is 19.1. The number of halogens is 1. The van der Waals surface area contributed by atoms with Crippen molar-refractivity contribution in [3.63, 3.8) is 0 Å². The fraction of sp³-hybridized carbons (Fsp3) is 0.500. The standard InChI is InChI=1S/C14H19FN2O2/c1-19-14(18)11-17-7-5-16(6-8-17)10-12-3-2-4-13(15)9-12/h2-4,9H,5-8,10-11H2,1H3. The first-order chi connectivity index (χ1) is 9.17. The highest BCUT2D eigenvalue weighted by Gasteiger charge is 2.19. The number of nitrogens with zero attached hydrogens (tertiary/aromatic N) is 2. The Hall–Kier alpha value is -1.46. The molecule has 0 saturated carbocycles. The van der Waals surface area contributed by atoms with Gasteiger partial charge in [-0.2, -0.15) is 0 Å². The van der Waals surface area contributed by atoms with E-state index in [-0.39, 0.29) is 11.8 Å². The highest BCUT2D eigenvalue weighted by molar-refractivity contribution is 5.71. The Bertz CT molecular complexity index is 431. The van der Waals surface area contributed by atoms with Crippen LogP contribution in [-0.2, 0) is 16.1 Å². The number of benzene rings is 1. The zero-order chi connectivity index (χ0) is 13.7. The van der Waals surface area contributed by atoms with Crippen LogP contribution in [0.4, 0.5) is 4.39 Å². The molecule has 1 heterocycles. The van der Waals surface area contributed by atoms with Crippen molar-refractivity contribution in [1.29, 1.82) is 0 Å². The average Bonchev–Trinajstić information content (AvgIpc) is 2.41. The van der Waals surface area contributed by atoms with Gasteiger partial charge >= 0.3 is 5.97 Å². The van der Waals surface area contributed by atoms with Crippen molar-refractivity contribution in [2.75, 3.05) is 39.8 Å². The molecule has 0 aromatic heterocycles. The van der Waals surface area contributed by atoms with Gasteiger partial charge in [0.25, 0.3) is 0 Å². The molecule has 1 aliphatic heterocycles. The molecule has 1 fully saturated rings. The third kappa shape index (κ3) is 4.29. The summed E-state index contributed by atoms with van der Waals surface area (Å²) >= 11 is 0. The molecule has 2 rings (SSSR count). The Kier molecular flexibility index (Phi) is 4.87. The van der Waals surface area contributed by atoms with Crippen molar-refractivity contribution in [1.82, 2.24) is 9.80 Å². The fourth-order valence-corrected chi connectivity index (χ4v) is 2.25. The van der Waals surface area contributed by atoms with Crippen molar-refractivity contribution in [2.45, 2.75) is 6.54 Å². The monoisotopic (exact) mass is 266 g/mol. The Morgan fingerprint density at radius 2 is 1.95 bits per heavy atom. The molecule has 5 heteroatoms. The maximum absolute atomic E-state index is 13.1. The van der Waals surface area contributed by atoms with E-state index in [0.717, 1.165) is 38.3 Å². The number of esters is 1. The fourth-order valence-electron chi connectivity index (χ4n) is 2.25. The van der Waals surface area contributed by atoms with Gasteiger partial charge in [0.05, 0.1) is 13.7 Å². The van der Waals surface area contributed by atoms with Crippen molar-refractivity contribution in [3.8, 4) is 0 Å². The third-order valence-electron chi connectivity index (χ3n) is 3.34. The first-order valence-electron chi connectivity index (χ1n) is 6.43. The van der Waals surface area contributed by atoms with E-state index in [1.54, 1.807) is 12.1 Å². The topological polar surface area (TPSA) is 32.8 Å². The second-order valence-electron chi connectivity index (χ2n) is 4.76. The molecule has 19 heavy (non-hydrogen) atoms. The summed E-state index contributed by atoms with van der Waals surface area (Å²) in [6.07, 6.45) is 0. The van der Waals surface area contributed by atoms with Crippen LogP contribution >= 0.6 is 0 Å². The van der Waals surface area contributed by atoms with Crippen molar-refractivity contribution < 1.29 is 13.9 Å². The summed E-state index contributed by atoms with van der Waals surface area (Å²) in [5.74, 6) is -0.389. The molecule has 1 aliphatic rings. The van der Waals surface area contributed by atoms with Crippen LogP contribution in [0.3, 0.4) is 0 Å². The molecule has 1 aromatic rings. The van der Waals surface area contributed by atoms with Crippen molar-refractivity contribution >= 4 is 5.97 Å². The van der Waals surface area contributed by atoms with Gasteiger partial charge in [-0.05, 0) is 17.7 Å². The lowest BCUT2D eigenvalue weighted by molar-refractivity contribution is -0.142. The van der Waals surface area contributed by atoms with Crippen LogP contribution in [0, 0.1) is 5.82 Å². The van der Waals surface area contributed by atoms with Gasteiger partial charge in [0, 0.05) is 32.7 Å². The van der Waals surface area contributed by atoms with Gasteiger partial charge in [-0.15, -0.1) is 0 Å². The average molecular weight is 266 g/mol. The molecule has 0 N–H and O–H groups in total. The first kappa shape index (κ1) is 14.0. The number of ether oxygens (including phenoxy) is 1. The first-order valence-corrected chi connectivity index (χ1v) is 6.43. The van der Waals surface area contributed by atoms with E-state index in [2.05, 4.69) is 14.5 Å². The van der Waals surface area contributed by atoms with E-state index in [0.29, 0.717) is 6.54 Å². The van der Waals surface area contributed by atoms with Crippen LogP contribution in [0.15, 0.2) is 24.3 Å². The predicted molar refractivity (Wildman–Crippen MR) is 70.1 cm³/mol. The number of piperazine rings is 1. The Labute approximate surface area is 112 Å². The van der Waals surface area contributed by atoms with E-state index in [4.69, 9.17) is 0 Å². The van der Waals surface area contributed by atoms with Crippen LogP contribution < -0.4 is 0 Å². The second kappa shape index (κ2) is 6.63. The van der Waals surface area contributed by atoms with Crippen LogP contribution in [0.2, 0.25) is 0 Å². The van der Waals surface area contributed by atoms with E-state index in [1.807, 2.05) is 6.07 Å². The Balaban J connectivity index is 1.79. The highest BCUT2D eigenvalue weighted by Crippen LogP contribution is 2.10. The van der Waals surface area contributed by atoms with Gasteiger partial charge in [0.2, 0.25) is 0 Å². The van der Waals surface area contributed by atoms with Gasteiger partial charge in [-0.25, -0.2) is 4.39 Å². The van der Waals surface area contributed by atoms with Gasteiger partial charge in [0.1, 0.15) is 5.82 Å². The Morgan fingerprint density at radius 3 is 2.58 bits per heavy atom. The van der Waals surface area contributed by atoms with Gasteiger partial charge < -0.3 is 4.74 Å². The molecular weight excluding hydrogens is 247 g/mol. The maximum Gasteiger partial charge on any atom is 0.319 e. The largest absolute Gasteiger partial charge is 0.468 e. The van der Waals surface area contributed by atoms with Crippen molar-refractivity contribution in [2.24, 2.45) is 0 Å². The number of carbonyl (C=O) groups is 1. The third-order valence-corrected chi connectivity index (χ3v) is 3.34. The second-order valence-corrected chi connectivity index (χ2v) is 4.76. The van der Waals surface area contributed by atoms with Gasteiger partial charge in [0.15, 0.2) is 0 Å². The minimum atomic E-state index is -0.196. The van der Waals surface area contributed by atoms with Gasteiger partial charge in [-0.1, -0.05) is 12.1 Å². The molecule has 0 aliphatic carbocycles. The lowest BCUT2D eigenvalue weighted by atomic mass is 10.2. The Morgan fingerprint density at radius 1 is 1.26 bits per heavy atom. The van der Waals surface area contributed by atoms with Crippen LogP contribution in [0.25, 0.3) is 0 Å². The van der Waals surface area contributed by atoms with Gasteiger partial charge in [-0.3, -0.25) is 14.6 Å². The SMILES string of the molecule is COC(=O)CN1CCN(Cc2cccc(F)c2)CC1.